The van der Waals surface area contributed by atoms with Crippen LogP contribution in [0.15, 0.2) is 25.0 Å². The molecule has 0 radical (unpaired) electrons. The summed E-state index contributed by atoms with van der Waals surface area (Å²) in [4.78, 5) is 138. The highest BCUT2D eigenvalue weighted by molar-refractivity contribution is 7.98. The van der Waals surface area contributed by atoms with Crippen LogP contribution >= 0.6 is 11.8 Å². The Hall–Kier alpha value is -6.12. The van der Waals surface area contributed by atoms with Gasteiger partial charge >= 0.3 is 5.97 Å². The van der Waals surface area contributed by atoms with E-state index in [2.05, 4.69) is 62.5 Å². The number of rotatable bonds is 38. The van der Waals surface area contributed by atoms with Gasteiger partial charge in [0.1, 0.15) is 48.3 Å². The number of aliphatic carboxylic acids is 1. The fourth-order valence-electron chi connectivity index (χ4n) is 8.12. The summed E-state index contributed by atoms with van der Waals surface area (Å²) < 4.78 is 0. The Balaban J connectivity index is 2.45. The van der Waals surface area contributed by atoms with Crippen LogP contribution in [0.5, 0.6) is 0 Å². The number of amides is 8. The summed E-state index contributed by atoms with van der Waals surface area (Å²) >= 11 is 1.40. The van der Waals surface area contributed by atoms with Gasteiger partial charge in [-0.25, -0.2) is 14.8 Å². The van der Waals surface area contributed by atoms with Crippen molar-refractivity contribution in [2.75, 3.05) is 25.1 Å². The third-order valence-electron chi connectivity index (χ3n) is 13.0. The first-order valence-corrected chi connectivity index (χ1v) is 28.1. The molecular formula is C51H89N15O10S. The quantitative estimate of drug-likeness (QED) is 0.0381. The molecule has 0 aromatic carbocycles. The van der Waals surface area contributed by atoms with E-state index in [1.165, 1.54) is 36.8 Å². The number of imidazole rings is 2. The van der Waals surface area contributed by atoms with Crippen LogP contribution < -0.4 is 59.7 Å². The minimum Gasteiger partial charge on any atom is -0.480 e. The van der Waals surface area contributed by atoms with E-state index in [1.807, 2.05) is 20.1 Å². The highest BCUT2D eigenvalue weighted by atomic mass is 32.2. The van der Waals surface area contributed by atoms with Gasteiger partial charge in [-0.15, -0.1) is 0 Å². The molecule has 8 amide bonds. The predicted molar refractivity (Wildman–Crippen MR) is 293 cm³/mol. The molecule has 0 unspecified atom stereocenters. The summed E-state index contributed by atoms with van der Waals surface area (Å²) in [5.74, 6) is -7.91. The van der Waals surface area contributed by atoms with Crippen LogP contribution in [0.4, 0.5) is 0 Å². The van der Waals surface area contributed by atoms with Crippen molar-refractivity contribution in [2.24, 2.45) is 40.9 Å². The first-order chi connectivity index (χ1) is 36.5. The zero-order valence-corrected chi connectivity index (χ0v) is 47.2. The molecule has 0 bridgehead atoms. The van der Waals surface area contributed by atoms with E-state index in [4.69, 9.17) is 17.2 Å². The Morgan fingerprint density at radius 3 is 1.36 bits per heavy atom. The molecule has 26 heteroatoms. The van der Waals surface area contributed by atoms with Crippen molar-refractivity contribution >= 4 is 65.0 Å². The lowest BCUT2D eigenvalue weighted by molar-refractivity contribution is -0.144. The van der Waals surface area contributed by atoms with Gasteiger partial charge in [-0.2, -0.15) is 11.8 Å². The van der Waals surface area contributed by atoms with Gasteiger partial charge in [0.15, 0.2) is 0 Å². The molecule has 2 rings (SSSR count). The smallest absolute Gasteiger partial charge is 0.326 e. The first-order valence-electron chi connectivity index (χ1n) is 26.7. The second kappa shape index (κ2) is 35.3. The van der Waals surface area contributed by atoms with E-state index in [1.54, 1.807) is 41.5 Å². The number of carboxylic acids is 1. The van der Waals surface area contributed by atoms with E-state index in [9.17, 15) is 48.3 Å². The van der Waals surface area contributed by atoms with Crippen LogP contribution in [0.3, 0.4) is 0 Å². The average molecular weight is 1100 g/mol. The molecule has 2 heterocycles. The molecule has 17 N–H and O–H groups in total. The van der Waals surface area contributed by atoms with Crippen LogP contribution in [0.1, 0.15) is 125 Å². The van der Waals surface area contributed by atoms with Crippen LogP contribution in [0, 0.1) is 23.7 Å². The van der Waals surface area contributed by atoms with Crippen molar-refractivity contribution in [3.05, 3.63) is 36.4 Å². The first kappa shape index (κ1) is 67.0. The number of unbranched alkanes of at least 4 members (excludes halogenated alkanes) is 2. The lowest BCUT2D eigenvalue weighted by Gasteiger charge is -2.29. The monoisotopic (exact) mass is 1100 g/mol. The van der Waals surface area contributed by atoms with Gasteiger partial charge in [0.05, 0.1) is 18.7 Å². The maximum absolute atomic E-state index is 14.5. The number of nitrogens with one attached hydrogen (secondary N) is 10. The van der Waals surface area contributed by atoms with Crippen LogP contribution in [-0.4, -0.2) is 158 Å². The predicted octanol–water partition coefficient (Wildman–Crippen LogP) is -0.376. The van der Waals surface area contributed by atoms with Gasteiger partial charge in [0.2, 0.25) is 47.3 Å². The largest absolute Gasteiger partial charge is 0.480 e. The molecule has 77 heavy (non-hydrogen) atoms. The Morgan fingerprint density at radius 1 is 0.545 bits per heavy atom. The lowest BCUT2D eigenvalue weighted by atomic mass is 9.98. The van der Waals surface area contributed by atoms with Gasteiger partial charge in [-0.05, 0) is 93.7 Å². The number of nitrogens with two attached hydrogens (primary N) is 3. The van der Waals surface area contributed by atoms with Crippen LogP contribution in [-0.2, 0) is 56.0 Å². The second-order valence-electron chi connectivity index (χ2n) is 20.6. The number of carboxylic acid groups (broad SMARTS) is 1. The van der Waals surface area contributed by atoms with Crippen molar-refractivity contribution in [1.29, 1.82) is 0 Å². The Morgan fingerprint density at radius 2 is 0.948 bits per heavy atom. The molecular weight excluding hydrogens is 1010 g/mol. The SMILES string of the molecule is CC[C@H](C)[C@H](NC(=O)[C@H](CCCCN)NC(=O)[C@@H](NC(=O)[C@H](CCSC)NC(=O)[C@H](Cc1cnc[nH]1)NC(=O)[C@H](Cc1cnc[nH]1)NC(=O)[C@H](CC(C)C)NC(=O)[C@@H](NC(=O)[C@@H](N)CCCCN)C(C)C)C(C)C)C(=O)O. The number of aromatic nitrogens is 4. The highest BCUT2D eigenvalue weighted by Crippen LogP contribution is 2.14. The molecule has 2 aromatic heterocycles. The van der Waals surface area contributed by atoms with Crippen molar-refractivity contribution in [1.82, 2.24) is 62.5 Å². The number of carbonyl (C=O) groups excluding carboxylic acids is 8. The topological polar surface area (TPSA) is 406 Å². The van der Waals surface area contributed by atoms with Crippen molar-refractivity contribution in [2.45, 2.75) is 180 Å². The average Bonchev–Trinajstić information content (AvgIpc) is 4.11. The van der Waals surface area contributed by atoms with E-state index in [0.717, 1.165) is 0 Å². The molecule has 0 aliphatic carbocycles. The molecule has 0 fully saturated rings. The fraction of sp³-hybridized carbons (Fsp3) is 0.706. The molecule has 2 aromatic rings. The molecule has 25 nitrogen and oxygen atoms in total. The Labute approximate surface area is 457 Å². The molecule has 0 saturated carbocycles. The summed E-state index contributed by atoms with van der Waals surface area (Å²) in [7, 11) is 0. The number of hydrogen-bond acceptors (Lipinski definition) is 15. The van der Waals surface area contributed by atoms with E-state index in [0.29, 0.717) is 68.8 Å². The van der Waals surface area contributed by atoms with Crippen LogP contribution in [0.2, 0.25) is 0 Å². The minimum atomic E-state index is -1.38. The Kier molecular flexibility index (Phi) is 30.7. The summed E-state index contributed by atoms with van der Waals surface area (Å²) in [5, 5.41) is 31.7. The summed E-state index contributed by atoms with van der Waals surface area (Å²) in [6.07, 6.45) is 10.7. The lowest BCUT2D eigenvalue weighted by Crippen LogP contribution is -2.61. The molecule has 0 aliphatic heterocycles. The number of thioether (sulfide) groups is 1. The zero-order chi connectivity index (χ0) is 57.8. The van der Waals surface area contributed by atoms with E-state index >= 15 is 0 Å². The van der Waals surface area contributed by atoms with Gasteiger partial charge in [-0.1, -0.05) is 68.2 Å². The number of H-pyrrole nitrogens is 2. The van der Waals surface area contributed by atoms with Gasteiger partial charge < -0.3 is 74.8 Å². The second-order valence-corrected chi connectivity index (χ2v) is 21.6. The minimum absolute atomic E-state index is 0.0939. The van der Waals surface area contributed by atoms with Crippen molar-refractivity contribution in [3.8, 4) is 0 Å². The fourth-order valence-corrected chi connectivity index (χ4v) is 8.59. The Bertz CT molecular complexity index is 2150. The maximum atomic E-state index is 14.5. The summed E-state index contributed by atoms with van der Waals surface area (Å²) in [5.41, 5.74) is 18.3. The zero-order valence-electron chi connectivity index (χ0n) is 46.4. The number of aromatic amines is 2. The van der Waals surface area contributed by atoms with Gasteiger partial charge in [0, 0.05) is 36.6 Å². The number of nitrogens with zero attached hydrogens (tertiary/aromatic N) is 2. The summed E-state index contributed by atoms with van der Waals surface area (Å²) in [6.45, 7) is 14.8. The maximum Gasteiger partial charge on any atom is 0.326 e. The highest BCUT2D eigenvalue weighted by Gasteiger charge is 2.37. The molecule has 10 atom stereocenters. The third-order valence-corrected chi connectivity index (χ3v) is 13.6. The molecule has 0 aliphatic rings. The van der Waals surface area contributed by atoms with E-state index < -0.39 is 125 Å². The standard InChI is InChI=1S/C51H89N15O10S/c1-10-31(8)42(51(75)76)66-44(68)35(16-12-14-19-53)60-49(73)41(30(6)7)65-45(69)36(17-20-77-9)59-47(71)38(22-32-24-55-26-57-32)62-48(72)39(23-33-25-56-27-58-33)61-46(70)37(21-28(2)3)63-50(74)40(29(4)5)64-43(67)34(54)15-11-13-18-52/h24-31,34-42H,10-23,52-54H2,1-9H3,(H,55,57)(H,56,58)(H,59,71)(H,60,73)(H,61,70)(H,62,72)(H,63,74)(H,64,67)(H,65,69)(H,66,68)(H,75,76)/t31-,34-,35-,36-,37-,38-,39-,40-,41-,42-/m0/s1. The molecule has 434 valence electrons. The number of hydrogen-bond donors (Lipinski definition) is 14. The third kappa shape index (κ3) is 24.0. The van der Waals surface area contributed by atoms with Gasteiger partial charge in [-0.3, -0.25) is 38.4 Å². The number of carbonyl (C=O) groups is 9. The van der Waals surface area contributed by atoms with Crippen molar-refractivity contribution in [3.63, 3.8) is 0 Å². The van der Waals surface area contributed by atoms with Crippen molar-refractivity contribution < 1.29 is 48.3 Å². The molecule has 0 saturated heterocycles. The van der Waals surface area contributed by atoms with E-state index in [-0.39, 0.29) is 38.0 Å². The molecule has 0 spiro atoms. The van der Waals surface area contributed by atoms with Crippen LogP contribution in [0.25, 0.3) is 0 Å². The summed E-state index contributed by atoms with van der Waals surface area (Å²) in [6, 6.07) is -10.7. The normalized spacial score (nSPS) is 15.4. The van der Waals surface area contributed by atoms with Gasteiger partial charge in [0.25, 0.3) is 0 Å².